The van der Waals surface area contributed by atoms with Crippen molar-refractivity contribution in [3.05, 3.63) is 0 Å². The number of carbonyl (C=O) groups excluding carboxylic acids is 2. The molecule has 2 N–H and O–H groups in total. The molecule has 0 heterocycles. The van der Waals surface area contributed by atoms with Crippen LogP contribution >= 0.6 is 0 Å². The van der Waals surface area contributed by atoms with E-state index in [1.165, 1.54) is 7.11 Å². The number of hydrogen-bond acceptors (Lipinski definition) is 5. The van der Waals surface area contributed by atoms with Crippen molar-refractivity contribution in [2.45, 2.75) is 38.8 Å². The minimum atomic E-state index is -0.515. The molecule has 0 aromatic heterocycles. The second kappa shape index (κ2) is 8.52. The van der Waals surface area contributed by atoms with E-state index >= 15 is 0 Å². The van der Waals surface area contributed by atoms with Gasteiger partial charge in [0, 0.05) is 0 Å². The predicted molar refractivity (Wildman–Crippen MR) is 63.7 cm³/mol. The summed E-state index contributed by atoms with van der Waals surface area (Å²) in [4.78, 5) is 24.8. The number of hydrogen-bond donors (Lipinski definition) is 2. The van der Waals surface area contributed by atoms with Crippen molar-refractivity contribution in [1.29, 1.82) is 0 Å². The fourth-order valence-corrected chi connectivity index (χ4v) is 2.44. The normalized spacial score (nSPS) is 12.9. The number of methoxy groups -OCH3 is 1. The number of halogens is 1. The third-order valence-electron chi connectivity index (χ3n) is 1.83. The van der Waals surface area contributed by atoms with Gasteiger partial charge in [-0.1, -0.05) is 0 Å². The summed E-state index contributed by atoms with van der Waals surface area (Å²) in [6, 6.07) is -0.359. The van der Waals surface area contributed by atoms with E-state index in [4.69, 9.17) is 4.74 Å². The Labute approximate surface area is 119 Å². The van der Waals surface area contributed by atoms with Gasteiger partial charge in [-0.05, 0) is 0 Å². The Morgan fingerprint density at radius 2 is 1.94 bits per heavy atom. The summed E-state index contributed by atoms with van der Waals surface area (Å²) < 4.78 is 12.9. The fourth-order valence-electron chi connectivity index (χ4n) is 1.12. The summed E-state index contributed by atoms with van der Waals surface area (Å²) in [6.07, 6.45) is 0.0109. The molecule has 0 aliphatic rings. The molecule has 0 fully saturated rings. The van der Waals surface area contributed by atoms with E-state index in [1.807, 2.05) is 4.93 Å². The molecule has 1 amide bonds. The van der Waals surface area contributed by atoms with Crippen molar-refractivity contribution in [2.75, 3.05) is 18.6 Å². The molecule has 108 valence electrons. The summed E-state index contributed by atoms with van der Waals surface area (Å²) in [5, 5.41) is 2.61. The molecular formula is C11H22IN2O4-. The van der Waals surface area contributed by atoms with Crippen LogP contribution in [0.15, 0.2) is 0 Å². The van der Waals surface area contributed by atoms with Crippen molar-refractivity contribution in [3.63, 3.8) is 0 Å². The van der Waals surface area contributed by atoms with Gasteiger partial charge < -0.3 is 0 Å². The molecule has 0 unspecified atom stereocenters. The van der Waals surface area contributed by atoms with E-state index in [9.17, 15) is 9.59 Å². The first-order valence-electron chi connectivity index (χ1n) is 5.58. The fraction of sp³-hybridized carbons (Fsp3) is 0.818. The standard InChI is InChI=1S/C11H22IN2O4/c1-11(2,3)18-10(16)13-7-6-8(14-12-4)9(15)17-5/h8,14H,6-7H2,1-5H3,(H,13,16)/q-1/t8-/m0/s1. The van der Waals surface area contributed by atoms with Crippen molar-refractivity contribution < 1.29 is 40.5 Å². The first kappa shape index (κ1) is 17.4. The molecule has 0 radical (unpaired) electrons. The molecule has 0 aliphatic heterocycles. The van der Waals surface area contributed by atoms with Gasteiger partial charge in [-0.3, -0.25) is 0 Å². The molecule has 0 spiro atoms. The molecule has 0 saturated heterocycles. The molecule has 0 rings (SSSR count). The summed E-state index contributed by atoms with van der Waals surface area (Å²) in [5.74, 6) is -0.303. The Morgan fingerprint density at radius 1 is 1.33 bits per heavy atom. The molecule has 7 heteroatoms. The third kappa shape index (κ3) is 8.51. The molecule has 0 aromatic rings. The van der Waals surface area contributed by atoms with E-state index in [1.54, 1.807) is 20.8 Å². The number of rotatable bonds is 6. The Kier molecular flexibility index (Phi) is 8.25. The summed E-state index contributed by atoms with van der Waals surface area (Å²) >= 11 is -0.224. The number of amides is 1. The van der Waals surface area contributed by atoms with Gasteiger partial charge in [0.2, 0.25) is 0 Å². The zero-order valence-electron chi connectivity index (χ0n) is 11.5. The summed E-state index contributed by atoms with van der Waals surface area (Å²) in [6.45, 7) is 5.76. The van der Waals surface area contributed by atoms with Gasteiger partial charge in [-0.2, -0.15) is 0 Å². The first-order valence-corrected chi connectivity index (χ1v) is 8.82. The van der Waals surface area contributed by atoms with Crippen LogP contribution < -0.4 is 30.3 Å². The van der Waals surface area contributed by atoms with Crippen LogP contribution in [0.2, 0.25) is 0 Å². The molecule has 0 bridgehead atoms. The van der Waals surface area contributed by atoms with E-state index in [0.29, 0.717) is 13.0 Å². The molecule has 0 aliphatic carbocycles. The number of esters is 1. The monoisotopic (exact) mass is 373 g/mol. The Balaban J connectivity index is 3.99. The average molecular weight is 373 g/mol. The van der Waals surface area contributed by atoms with Gasteiger partial charge in [-0.15, -0.1) is 0 Å². The summed E-state index contributed by atoms with van der Waals surface area (Å²) in [7, 11) is 1.35. The maximum atomic E-state index is 11.4. The van der Waals surface area contributed by atoms with Crippen LogP contribution in [0, 0.1) is 0 Å². The molecular weight excluding hydrogens is 351 g/mol. The van der Waals surface area contributed by atoms with Gasteiger partial charge in [-0.25, -0.2) is 0 Å². The molecule has 0 aromatic carbocycles. The van der Waals surface area contributed by atoms with Crippen molar-refractivity contribution in [3.8, 4) is 0 Å². The molecule has 0 saturated carbocycles. The van der Waals surface area contributed by atoms with E-state index in [2.05, 4.69) is 13.6 Å². The van der Waals surface area contributed by atoms with Crippen LogP contribution in [0.4, 0.5) is 4.79 Å². The summed E-state index contributed by atoms with van der Waals surface area (Å²) in [5.41, 5.74) is -0.515. The predicted octanol–water partition coefficient (Wildman–Crippen LogP) is -2.33. The van der Waals surface area contributed by atoms with Crippen LogP contribution in [0.1, 0.15) is 27.2 Å². The van der Waals surface area contributed by atoms with Crippen molar-refractivity contribution >= 4 is 12.1 Å². The van der Waals surface area contributed by atoms with E-state index in [-0.39, 0.29) is 33.5 Å². The van der Waals surface area contributed by atoms with Gasteiger partial charge in [0.1, 0.15) is 0 Å². The number of alkyl halides is 1. The Bertz CT molecular complexity index is 279. The van der Waals surface area contributed by atoms with Crippen LogP contribution in [0.3, 0.4) is 0 Å². The Morgan fingerprint density at radius 3 is 2.39 bits per heavy atom. The van der Waals surface area contributed by atoms with Gasteiger partial charge in [0.15, 0.2) is 0 Å². The minimum absolute atomic E-state index is 0.224. The van der Waals surface area contributed by atoms with Crippen molar-refractivity contribution in [1.82, 2.24) is 8.85 Å². The molecule has 6 nitrogen and oxygen atoms in total. The van der Waals surface area contributed by atoms with Gasteiger partial charge in [0.25, 0.3) is 0 Å². The first-order chi connectivity index (χ1) is 8.30. The van der Waals surface area contributed by atoms with Gasteiger partial charge in [0.05, 0.1) is 0 Å². The van der Waals surface area contributed by atoms with Crippen LogP contribution in [0.5, 0.6) is 0 Å². The maximum absolute atomic E-state index is 11.4. The number of nitrogens with one attached hydrogen (secondary N) is 2. The van der Waals surface area contributed by atoms with Crippen LogP contribution in [0.25, 0.3) is 0 Å². The number of alkyl carbamates (subject to hydrolysis) is 1. The van der Waals surface area contributed by atoms with E-state index in [0.717, 1.165) is 0 Å². The zero-order valence-corrected chi connectivity index (χ0v) is 13.7. The van der Waals surface area contributed by atoms with Crippen molar-refractivity contribution in [2.24, 2.45) is 0 Å². The molecule has 18 heavy (non-hydrogen) atoms. The quantitative estimate of drug-likeness (QED) is 0.236. The van der Waals surface area contributed by atoms with Crippen LogP contribution in [-0.4, -0.2) is 42.3 Å². The zero-order chi connectivity index (χ0) is 14.2. The van der Waals surface area contributed by atoms with Gasteiger partial charge >= 0.3 is 119 Å². The Hall–Kier alpha value is -0.570. The molecule has 1 atom stereocenters. The number of ether oxygens (including phenoxy) is 2. The van der Waals surface area contributed by atoms with Crippen LogP contribution in [-0.2, 0) is 14.3 Å². The number of carbonyl (C=O) groups is 2. The second-order valence-corrected chi connectivity index (χ2v) is 6.29. The topological polar surface area (TPSA) is 76.7 Å². The van der Waals surface area contributed by atoms with E-state index < -0.39 is 11.7 Å². The SMILES string of the molecule is COC(=O)[C@H](CCNC(=O)OC(C)(C)C)N[I-]C. The average Bonchev–Trinajstić information content (AvgIpc) is 2.24. The second-order valence-electron chi connectivity index (χ2n) is 4.59. The third-order valence-corrected chi connectivity index (χ3v) is 3.20.